The van der Waals surface area contributed by atoms with Crippen LogP contribution in [0.2, 0.25) is 0 Å². The maximum absolute atomic E-state index is 12.4. The predicted molar refractivity (Wildman–Crippen MR) is 87.8 cm³/mol. The second-order valence-corrected chi connectivity index (χ2v) is 7.63. The van der Waals surface area contributed by atoms with Gasteiger partial charge in [0.1, 0.15) is 22.7 Å². The van der Waals surface area contributed by atoms with Crippen LogP contribution in [0.1, 0.15) is 20.8 Å². The van der Waals surface area contributed by atoms with E-state index in [0.717, 1.165) is 5.57 Å². The number of halogens is 1. The van der Waals surface area contributed by atoms with Gasteiger partial charge in [0, 0.05) is 10.2 Å². The fourth-order valence-corrected chi connectivity index (χ4v) is 4.55. The lowest BCUT2D eigenvalue weighted by molar-refractivity contribution is -0.158. The summed E-state index contributed by atoms with van der Waals surface area (Å²) in [5.41, 5.74) is 0.621. The molecule has 0 unspecified atom stereocenters. The third-order valence-corrected chi connectivity index (χ3v) is 5.31. The van der Waals surface area contributed by atoms with Gasteiger partial charge in [0.05, 0.1) is 0 Å². The first kappa shape index (κ1) is 16.6. The summed E-state index contributed by atoms with van der Waals surface area (Å²) >= 11 is 3.72. The molecule has 1 saturated heterocycles. The molecular formula is C13H17IN2O4S. The van der Waals surface area contributed by atoms with Gasteiger partial charge in [0.25, 0.3) is 5.91 Å². The minimum absolute atomic E-state index is 0.225. The number of thioether (sulfide) groups is 1. The molecular weight excluding hydrogens is 407 g/mol. The van der Waals surface area contributed by atoms with Gasteiger partial charge in [-0.3, -0.25) is 14.5 Å². The largest absolute Gasteiger partial charge is 0.455 e. The molecule has 116 valence electrons. The Morgan fingerprint density at radius 1 is 1.57 bits per heavy atom. The van der Waals surface area contributed by atoms with E-state index in [1.807, 2.05) is 0 Å². The molecule has 2 heterocycles. The number of carbonyl (C=O) groups excluding carboxylic acids is 3. The fourth-order valence-electron chi connectivity index (χ4n) is 2.19. The molecule has 1 N–H and O–H groups in total. The van der Waals surface area contributed by atoms with Crippen molar-refractivity contribution < 1.29 is 19.1 Å². The predicted octanol–water partition coefficient (Wildman–Crippen LogP) is 1.05. The molecule has 2 amide bonds. The summed E-state index contributed by atoms with van der Waals surface area (Å²) in [6, 6.07) is -0.555. The number of rotatable bonds is 4. The lowest BCUT2D eigenvalue weighted by atomic mass is 10.0. The normalized spacial score (nSPS) is 25.1. The minimum Gasteiger partial charge on any atom is -0.455 e. The summed E-state index contributed by atoms with van der Waals surface area (Å²) in [6.07, 6.45) is 0.519. The SMILES string of the molecule is CC(C)(C)OC(=O)C1=C(CI)CS[C@@H]2[C@H](NC=O)C(=O)N12. The van der Waals surface area contributed by atoms with Crippen LogP contribution in [0.15, 0.2) is 11.3 Å². The van der Waals surface area contributed by atoms with Crippen LogP contribution in [0.3, 0.4) is 0 Å². The van der Waals surface area contributed by atoms with Crippen LogP contribution in [0.4, 0.5) is 0 Å². The molecule has 0 aliphatic carbocycles. The molecule has 0 bridgehead atoms. The summed E-state index contributed by atoms with van der Waals surface area (Å²) in [5.74, 6) is -0.0805. The van der Waals surface area contributed by atoms with Crippen molar-refractivity contribution in [3.63, 3.8) is 0 Å². The Labute approximate surface area is 141 Å². The lowest BCUT2D eigenvalue weighted by Gasteiger charge is -2.49. The van der Waals surface area contributed by atoms with Crippen molar-refractivity contribution in [3.05, 3.63) is 11.3 Å². The van der Waals surface area contributed by atoms with Crippen LogP contribution in [0, 0.1) is 0 Å². The van der Waals surface area contributed by atoms with E-state index in [4.69, 9.17) is 4.74 Å². The summed E-state index contributed by atoms with van der Waals surface area (Å²) in [7, 11) is 0. The Morgan fingerprint density at radius 3 is 2.76 bits per heavy atom. The second kappa shape index (κ2) is 6.15. The number of fused-ring (bicyclic) bond motifs is 1. The van der Waals surface area contributed by atoms with E-state index in [2.05, 4.69) is 27.9 Å². The van der Waals surface area contributed by atoms with E-state index in [1.54, 1.807) is 32.5 Å². The Bertz CT molecular complexity index is 515. The number of alkyl halides is 1. The number of nitrogens with one attached hydrogen (secondary N) is 1. The number of amides is 2. The van der Waals surface area contributed by atoms with E-state index < -0.39 is 17.6 Å². The maximum Gasteiger partial charge on any atom is 0.355 e. The highest BCUT2D eigenvalue weighted by atomic mass is 127. The molecule has 0 radical (unpaired) electrons. The molecule has 8 heteroatoms. The number of nitrogens with zero attached hydrogens (tertiary/aromatic N) is 1. The first-order valence-electron chi connectivity index (χ1n) is 6.46. The molecule has 1 fully saturated rings. The van der Waals surface area contributed by atoms with E-state index >= 15 is 0 Å². The standard InChI is InChI=1S/C13H17IN2O4S/c1-13(2,3)20-12(19)9-7(4-14)5-21-11-8(15-6-17)10(18)16(9)11/h6,8,11H,4-5H2,1-3H3,(H,15,17)/t8-,11-/m1/s1. The number of hydrogen-bond acceptors (Lipinski definition) is 5. The number of β-lactam (4-membered cyclic amide) rings is 1. The van der Waals surface area contributed by atoms with Crippen LogP contribution < -0.4 is 5.32 Å². The van der Waals surface area contributed by atoms with E-state index in [-0.39, 0.29) is 11.3 Å². The zero-order chi connectivity index (χ0) is 15.8. The van der Waals surface area contributed by atoms with Gasteiger partial charge in [0.2, 0.25) is 6.41 Å². The van der Waals surface area contributed by atoms with Gasteiger partial charge in [-0.2, -0.15) is 0 Å². The Kier molecular flexibility index (Phi) is 4.86. The lowest BCUT2D eigenvalue weighted by Crippen LogP contribution is -2.69. The average Bonchev–Trinajstić information content (AvgIpc) is 2.40. The highest BCUT2D eigenvalue weighted by Gasteiger charge is 2.53. The summed E-state index contributed by atoms with van der Waals surface area (Å²) < 4.78 is 6.07. The molecule has 0 aromatic heterocycles. The molecule has 2 rings (SSSR count). The van der Waals surface area contributed by atoms with Gasteiger partial charge < -0.3 is 10.1 Å². The van der Waals surface area contributed by atoms with Gasteiger partial charge >= 0.3 is 5.97 Å². The van der Waals surface area contributed by atoms with Crippen molar-refractivity contribution in [1.29, 1.82) is 0 Å². The van der Waals surface area contributed by atoms with Crippen LogP contribution in [0.25, 0.3) is 0 Å². The zero-order valence-corrected chi connectivity index (χ0v) is 15.0. The van der Waals surface area contributed by atoms with Crippen molar-refractivity contribution in [3.8, 4) is 0 Å². The monoisotopic (exact) mass is 424 g/mol. The zero-order valence-electron chi connectivity index (χ0n) is 12.0. The molecule has 0 aromatic carbocycles. The van der Waals surface area contributed by atoms with E-state index in [0.29, 0.717) is 22.3 Å². The highest BCUT2D eigenvalue weighted by Crippen LogP contribution is 2.41. The van der Waals surface area contributed by atoms with Crippen LogP contribution in [-0.4, -0.2) is 50.4 Å². The summed E-state index contributed by atoms with van der Waals surface area (Å²) in [5, 5.41) is 2.28. The van der Waals surface area contributed by atoms with Crippen molar-refractivity contribution in [2.24, 2.45) is 0 Å². The summed E-state index contributed by atoms with van der Waals surface area (Å²) in [4.78, 5) is 36.6. The van der Waals surface area contributed by atoms with Gasteiger partial charge in [-0.1, -0.05) is 22.6 Å². The summed E-state index contributed by atoms with van der Waals surface area (Å²) in [6.45, 7) is 5.37. The molecule has 6 nitrogen and oxygen atoms in total. The maximum atomic E-state index is 12.4. The van der Waals surface area contributed by atoms with Crippen molar-refractivity contribution in [2.45, 2.75) is 37.8 Å². The molecule has 0 aromatic rings. The van der Waals surface area contributed by atoms with Gasteiger partial charge in [-0.05, 0) is 26.3 Å². The van der Waals surface area contributed by atoms with Crippen molar-refractivity contribution >= 4 is 52.6 Å². The molecule has 0 saturated carbocycles. The number of carbonyl (C=O) groups is 3. The number of esters is 1. The highest BCUT2D eigenvalue weighted by molar-refractivity contribution is 14.1. The fraction of sp³-hybridized carbons (Fsp3) is 0.615. The topological polar surface area (TPSA) is 75.7 Å². The smallest absolute Gasteiger partial charge is 0.355 e. The Morgan fingerprint density at radius 2 is 2.24 bits per heavy atom. The quantitative estimate of drug-likeness (QED) is 0.240. The van der Waals surface area contributed by atoms with Crippen molar-refractivity contribution in [1.82, 2.24) is 10.2 Å². The Hall–Kier alpha value is -0.770. The van der Waals surface area contributed by atoms with Gasteiger partial charge in [0.15, 0.2) is 0 Å². The third kappa shape index (κ3) is 3.20. The minimum atomic E-state index is -0.616. The van der Waals surface area contributed by atoms with Crippen LogP contribution >= 0.6 is 34.4 Å². The number of ether oxygens (including phenoxy) is 1. The molecule has 2 aliphatic rings. The van der Waals surface area contributed by atoms with Gasteiger partial charge in [-0.25, -0.2) is 4.79 Å². The first-order chi connectivity index (χ1) is 9.80. The number of hydrogen-bond donors (Lipinski definition) is 1. The third-order valence-electron chi connectivity index (χ3n) is 3.05. The van der Waals surface area contributed by atoms with Crippen LogP contribution in [-0.2, 0) is 19.1 Å². The molecule has 2 aliphatic heterocycles. The molecule has 2 atom stereocenters. The van der Waals surface area contributed by atoms with E-state index in [1.165, 1.54) is 4.90 Å². The average molecular weight is 424 g/mol. The molecule has 0 spiro atoms. The molecule has 21 heavy (non-hydrogen) atoms. The van der Waals surface area contributed by atoms with E-state index in [9.17, 15) is 14.4 Å². The Balaban J connectivity index is 2.27. The second-order valence-electron chi connectivity index (χ2n) is 5.76. The van der Waals surface area contributed by atoms with Crippen molar-refractivity contribution in [2.75, 3.05) is 10.2 Å². The first-order valence-corrected chi connectivity index (χ1v) is 9.03. The van der Waals surface area contributed by atoms with Crippen LogP contribution in [0.5, 0.6) is 0 Å². The van der Waals surface area contributed by atoms with Gasteiger partial charge in [-0.15, -0.1) is 11.8 Å².